The number of benzene rings is 2. The molecule has 0 spiro atoms. The van der Waals surface area contributed by atoms with Gasteiger partial charge in [0.1, 0.15) is 18.4 Å². The van der Waals surface area contributed by atoms with E-state index in [1.165, 1.54) is 16.5 Å². The number of methoxy groups -OCH3 is 1. The van der Waals surface area contributed by atoms with Crippen molar-refractivity contribution in [3.8, 4) is 5.75 Å². The Morgan fingerprint density at radius 3 is 2.56 bits per heavy atom. The van der Waals surface area contributed by atoms with Crippen molar-refractivity contribution in [2.45, 2.75) is 12.0 Å². The molecule has 0 aliphatic carbocycles. The fourth-order valence-electron chi connectivity index (χ4n) is 3.19. The lowest BCUT2D eigenvalue weighted by molar-refractivity contribution is -0.662. The second-order valence-corrected chi connectivity index (χ2v) is 6.21. The number of hydrogen-bond acceptors (Lipinski definition) is 3. The molecule has 0 fully saturated rings. The van der Waals surface area contributed by atoms with Crippen molar-refractivity contribution in [1.82, 2.24) is 4.98 Å². The van der Waals surface area contributed by atoms with Crippen molar-refractivity contribution >= 4 is 10.9 Å². The van der Waals surface area contributed by atoms with Gasteiger partial charge in [0.05, 0.1) is 26.2 Å². The smallest absolute Gasteiger partial charge is 0.126 e. The molecule has 2 aromatic carbocycles. The molecule has 3 rings (SSSR count). The highest BCUT2D eigenvalue weighted by atomic mass is 16.5. The monoisotopic (exact) mass is 341 g/mol. The van der Waals surface area contributed by atoms with Gasteiger partial charge in [0.2, 0.25) is 0 Å². The molecule has 1 aromatic heterocycles. The van der Waals surface area contributed by atoms with Crippen molar-refractivity contribution in [3.63, 3.8) is 0 Å². The van der Waals surface area contributed by atoms with Crippen LogP contribution in [-0.4, -0.2) is 48.1 Å². The van der Waals surface area contributed by atoms with E-state index in [1.807, 2.05) is 24.3 Å². The minimum atomic E-state index is -0.695. The first-order valence-corrected chi connectivity index (χ1v) is 8.53. The molecule has 0 aliphatic rings. The molecule has 0 bridgehead atoms. The fraction of sp³-hybridized carbons (Fsp3) is 0.300. The summed E-state index contributed by atoms with van der Waals surface area (Å²) in [6.45, 7) is 1.05. The van der Waals surface area contributed by atoms with E-state index in [2.05, 4.69) is 40.8 Å². The molecule has 5 nitrogen and oxygen atoms in total. The number of H-pyrrole nitrogens is 1. The number of ether oxygens (including phenoxy) is 1. The van der Waals surface area contributed by atoms with Gasteiger partial charge in [-0.2, -0.15) is 0 Å². The van der Waals surface area contributed by atoms with Gasteiger partial charge in [0.25, 0.3) is 0 Å². The number of quaternary nitrogens is 1. The van der Waals surface area contributed by atoms with Crippen LogP contribution in [0.5, 0.6) is 5.75 Å². The lowest BCUT2D eigenvalue weighted by Gasteiger charge is -2.17. The standard InChI is InChI=1S/C20H24N2O3/c1-25-16-8-6-14(7-9-16)18(11-21-10-15(24)13-23)19-12-22-20-5-3-2-4-17(19)20/h2-9,12,15,18,21-24H,10-11,13H2,1H3/p+1/t15-,18+/m1/s1. The van der Waals surface area contributed by atoms with Crippen molar-refractivity contribution in [2.24, 2.45) is 0 Å². The van der Waals surface area contributed by atoms with Crippen LogP contribution in [0.1, 0.15) is 17.0 Å². The normalized spacial score (nSPS) is 13.7. The zero-order chi connectivity index (χ0) is 17.6. The van der Waals surface area contributed by atoms with Gasteiger partial charge in [-0.25, -0.2) is 0 Å². The van der Waals surface area contributed by atoms with Crippen molar-refractivity contribution in [3.05, 3.63) is 65.9 Å². The van der Waals surface area contributed by atoms with Crippen LogP contribution in [0.4, 0.5) is 0 Å². The highest BCUT2D eigenvalue weighted by Gasteiger charge is 2.20. The summed E-state index contributed by atoms with van der Waals surface area (Å²) in [7, 11) is 1.66. The third-order valence-electron chi connectivity index (χ3n) is 4.57. The van der Waals surface area contributed by atoms with Crippen LogP contribution in [0.2, 0.25) is 0 Å². The SMILES string of the molecule is COc1ccc([C@H](C[NH2+]C[C@@H](O)CO)c2c[nH]c3ccccc23)cc1. The molecule has 0 saturated heterocycles. The highest BCUT2D eigenvalue weighted by Crippen LogP contribution is 2.30. The maximum absolute atomic E-state index is 9.61. The zero-order valence-corrected chi connectivity index (χ0v) is 14.4. The molecular formula is C20H25N2O3+. The molecule has 3 aromatic rings. The predicted octanol–water partition coefficient (Wildman–Crippen LogP) is 1.23. The molecule has 1 heterocycles. The number of nitrogens with one attached hydrogen (secondary N) is 1. The van der Waals surface area contributed by atoms with Gasteiger partial charge in [-0.1, -0.05) is 30.3 Å². The van der Waals surface area contributed by atoms with E-state index in [0.717, 1.165) is 17.8 Å². The van der Waals surface area contributed by atoms with Gasteiger partial charge >= 0.3 is 0 Å². The lowest BCUT2D eigenvalue weighted by atomic mass is 9.90. The van der Waals surface area contributed by atoms with E-state index in [0.29, 0.717) is 6.54 Å². The molecule has 0 unspecified atom stereocenters. The van der Waals surface area contributed by atoms with Gasteiger partial charge < -0.3 is 25.3 Å². The Morgan fingerprint density at radius 2 is 1.84 bits per heavy atom. The van der Waals surface area contributed by atoms with Crippen LogP contribution in [-0.2, 0) is 0 Å². The van der Waals surface area contributed by atoms with E-state index in [9.17, 15) is 5.11 Å². The summed E-state index contributed by atoms with van der Waals surface area (Å²) >= 11 is 0. The predicted molar refractivity (Wildman–Crippen MR) is 97.9 cm³/mol. The fourth-order valence-corrected chi connectivity index (χ4v) is 3.19. The topological polar surface area (TPSA) is 82.1 Å². The number of aromatic nitrogens is 1. The maximum Gasteiger partial charge on any atom is 0.126 e. The van der Waals surface area contributed by atoms with Gasteiger partial charge in [-0.15, -0.1) is 0 Å². The summed E-state index contributed by atoms with van der Waals surface area (Å²) in [5.74, 6) is 1.01. The van der Waals surface area contributed by atoms with Crippen molar-refractivity contribution < 1.29 is 20.3 Å². The minimum Gasteiger partial charge on any atom is -0.497 e. The molecule has 0 radical (unpaired) electrons. The summed E-state index contributed by atoms with van der Waals surface area (Å²) in [5, 5.41) is 21.9. The first-order valence-electron chi connectivity index (χ1n) is 8.53. The molecule has 5 N–H and O–H groups in total. The van der Waals surface area contributed by atoms with Gasteiger partial charge in [-0.3, -0.25) is 0 Å². The third kappa shape index (κ3) is 4.02. The van der Waals surface area contributed by atoms with Gasteiger partial charge in [-0.05, 0) is 29.3 Å². The summed E-state index contributed by atoms with van der Waals surface area (Å²) in [4.78, 5) is 3.34. The molecule has 132 valence electrons. The number of aliphatic hydroxyl groups excluding tert-OH is 2. The molecule has 2 atom stereocenters. The Bertz CT molecular complexity index is 798. The van der Waals surface area contributed by atoms with E-state index < -0.39 is 6.10 Å². The molecule has 0 saturated carbocycles. The van der Waals surface area contributed by atoms with Gasteiger partial charge in [0.15, 0.2) is 0 Å². The van der Waals surface area contributed by atoms with Crippen LogP contribution in [0.15, 0.2) is 54.7 Å². The Hall–Kier alpha value is -2.34. The number of fused-ring (bicyclic) bond motifs is 1. The molecule has 5 heteroatoms. The summed E-state index contributed by atoms with van der Waals surface area (Å²) in [6.07, 6.45) is 1.37. The minimum absolute atomic E-state index is 0.174. The zero-order valence-electron chi connectivity index (χ0n) is 14.4. The number of rotatable bonds is 8. The maximum atomic E-state index is 9.61. The number of nitrogens with two attached hydrogens (primary N) is 1. The van der Waals surface area contributed by atoms with Gasteiger partial charge in [0, 0.05) is 17.1 Å². The van der Waals surface area contributed by atoms with E-state index in [4.69, 9.17) is 9.84 Å². The summed E-state index contributed by atoms with van der Waals surface area (Å²) < 4.78 is 5.26. The second-order valence-electron chi connectivity index (χ2n) is 6.21. The number of aliphatic hydroxyl groups is 2. The van der Waals surface area contributed by atoms with Crippen molar-refractivity contribution in [2.75, 3.05) is 26.8 Å². The van der Waals surface area contributed by atoms with Crippen LogP contribution in [0, 0.1) is 0 Å². The van der Waals surface area contributed by atoms with E-state index in [1.54, 1.807) is 7.11 Å². The van der Waals surface area contributed by atoms with Crippen LogP contribution >= 0.6 is 0 Å². The van der Waals surface area contributed by atoms with Crippen LogP contribution in [0.3, 0.4) is 0 Å². The highest BCUT2D eigenvalue weighted by molar-refractivity contribution is 5.84. The average Bonchev–Trinajstić information content (AvgIpc) is 3.09. The number of aromatic amines is 1. The molecule has 0 aliphatic heterocycles. The Morgan fingerprint density at radius 1 is 1.08 bits per heavy atom. The Labute approximate surface area is 147 Å². The first-order chi connectivity index (χ1) is 12.2. The largest absolute Gasteiger partial charge is 0.497 e. The summed E-state index contributed by atoms with van der Waals surface area (Å²) in [5.41, 5.74) is 3.54. The van der Waals surface area contributed by atoms with Crippen LogP contribution in [0.25, 0.3) is 10.9 Å². The number of para-hydroxylation sites is 1. The number of hydrogen-bond donors (Lipinski definition) is 4. The Balaban J connectivity index is 1.90. The molecule has 25 heavy (non-hydrogen) atoms. The Kier molecular flexibility index (Phi) is 5.71. The molecular weight excluding hydrogens is 316 g/mol. The summed E-state index contributed by atoms with van der Waals surface area (Å²) in [6, 6.07) is 16.4. The van der Waals surface area contributed by atoms with E-state index in [-0.39, 0.29) is 12.5 Å². The first kappa shape index (κ1) is 17.5. The molecule has 0 amide bonds. The average molecular weight is 341 g/mol. The quantitative estimate of drug-likeness (QED) is 0.497. The van der Waals surface area contributed by atoms with Crippen LogP contribution < -0.4 is 10.1 Å². The van der Waals surface area contributed by atoms with Crippen molar-refractivity contribution in [1.29, 1.82) is 0 Å². The second kappa shape index (κ2) is 8.16. The third-order valence-corrected chi connectivity index (χ3v) is 4.57. The lowest BCUT2D eigenvalue weighted by Crippen LogP contribution is -2.87. The van der Waals surface area contributed by atoms with E-state index >= 15 is 0 Å².